The molecule has 0 fully saturated rings. The molecule has 2 atom stereocenters. The zero-order chi connectivity index (χ0) is 20.1. The highest BCUT2D eigenvalue weighted by Gasteiger charge is 2.60. The van der Waals surface area contributed by atoms with Gasteiger partial charge in [-0.15, -0.1) is 0 Å². The molecule has 0 saturated carbocycles. The number of halogens is 4. The Balaban J connectivity index is 2.08. The second kappa shape index (κ2) is 6.33. The number of benzene rings is 1. The molecule has 3 rings (SSSR count). The molecular weight excluding hydrogens is 407 g/mol. The lowest BCUT2D eigenvalue weighted by Gasteiger charge is -2.38. The Morgan fingerprint density at radius 3 is 2.33 bits per heavy atom. The van der Waals surface area contributed by atoms with E-state index in [-0.39, 0.29) is 22.7 Å². The molecule has 0 bridgehead atoms. The Kier molecular flexibility index (Phi) is 4.66. The highest BCUT2D eigenvalue weighted by Crippen LogP contribution is 2.42. The van der Waals surface area contributed by atoms with Crippen LogP contribution in [-0.4, -0.2) is 47.7 Å². The van der Waals surface area contributed by atoms with Crippen molar-refractivity contribution in [3.05, 3.63) is 54.1 Å². The Morgan fingerprint density at radius 2 is 1.85 bits per heavy atom. The van der Waals surface area contributed by atoms with E-state index < -0.39 is 33.5 Å². The molecule has 1 heterocycles. The molecule has 1 aliphatic carbocycles. The molecule has 3 N–H and O–H groups in total. The van der Waals surface area contributed by atoms with Crippen molar-refractivity contribution in [2.24, 2.45) is 10.1 Å². The van der Waals surface area contributed by atoms with Crippen LogP contribution in [0.25, 0.3) is 0 Å². The quantitative estimate of drug-likeness (QED) is 0.577. The lowest BCUT2D eigenvalue weighted by atomic mass is 10.0. The minimum Gasteiger partial charge on any atom is -0.361 e. The Bertz CT molecular complexity index is 944. The number of amidine groups is 1. The number of aliphatic imine (C=N–C) groups is 1. The smallest absolute Gasteiger partial charge is 0.361 e. The number of allylic oxidation sites excluding steroid dienone is 2. The number of aliphatic hydroxyl groups is 1. The van der Waals surface area contributed by atoms with Gasteiger partial charge < -0.3 is 10.0 Å². The summed E-state index contributed by atoms with van der Waals surface area (Å²) in [4.78, 5) is 3.09. The van der Waals surface area contributed by atoms with Gasteiger partial charge in [-0.25, -0.2) is 18.5 Å². The Labute approximate surface area is 158 Å². The third kappa shape index (κ3) is 3.62. The van der Waals surface area contributed by atoms with Crippen LogP contribution in [0.1, 0.15) is 12.0 Å². The number of nitrogens with two attached hydrogens (primary N) is 1. The fourth-order valence-electron chi connectivity index (χ4n) is 2.82. The van der Waals surface area contributed by atoms with Gasteiger partial charge in [-0.1, -0.05) is 29.8 Å². The highest BCUT2D eigenvalue weighted by molar-refractivity contribution is 7.89. The molecule has 1 aromatic rings. The first-order valence-corrected chi connectivity index (χ1v) is 9.61. The van der Waals surface area contributed by atoms with Gasteiger partial charge in [-0.05, 0) is 30.3 Å². The van der Waals surface area contributed by atoms with E-state index in [4.69, 9.17) is 16.7 Å². The van der Waals surface area contributed by atoms with E-state index in [1.807, 2.05) is 0 Å². The molecular formula is C16H15ClF3N3O3S. The molecule has 6 nitrogen and oxygen atoms in total. The summed E-state index contributed by atoms with van der Waals surface area (Å²) in [6.07, 6.45) is 1.64. The number of hydrogen-bond acceptors (Lipinski definition) is 5. The molecule has 2 aliphatic rings. The van der Waals surface area contributed by atoms with Gasteiger partial charge in [0, 0.05) is 12.0 Å². The monoisotopic (exact) mass is 421 g/mol. The first-order chi connectivity index (χ1) is 12.4. The minimum atomic E-state index is -5.02. The van der Waals surface area contributed by atoms with Crippen LogP contribution in [0.3, 0.4) is 0 Å². The van der Waals surface area contributed by atoms with Crippen LogP contribution < -0.4 is 5.14 Å². The van der Waals surface area contributed by atoms with Crippen LogP contribution in [0, 0.1) is 0 Å². The third-order valence-corrected chi connectivity index (χ3v) is 5.69. The number of sulfonamides is 1. The van der Waals surface area contributed by atoms with E-state index in [1.165, 1.54) is 18.2 Å². The van der Waals surface area contributed by atoms with Crippen molar-refractivity contribution in [3.63, 3.8) is 0 Å². The predicted octanol–water partition coefficient (Wildman–Crippen LogP) is 2.10. The minimum absolute atomic E-state index is 0.158. The summed E-state index contributed by atoms with van der Waals surface area (Å²) in [6, 6.07) is 4.81. The lowest BCUT2D eigenvalue weighted by molar-refractivity contribution is -0.255. The average molecular weight is 422 g/mol. The topological polar surface area (TPSA) is 96.0 Å². The average Bonchev–Trinajstić information content (AvgIpc) is 2.95. The second-order valence-corrected chi connectivity index (χ2v) is 8.43. The van der Waals surface area contributed by atoms with Crippen molar-refractivity contribution in [2.75, 3.05) is 6.54 Å². The number of nitrogens with zero attached hydrogens (tertiary/aromatic N) is 2. The van der Waals surface area contributed by atoms with E-state index in [9.17, 15) is 26.7 Å². The molecule has 0 aromatic heterocycles. The fourth-order valence-corrected chi connectivity index (χ4v) is 3.64. The van der Waals surface area contributed by atoms with Gasteiger partial charge in [-0.3, -0.25) is 0 Å². The molecule has 0 amide bonds. The van der Waals surface area contributed by atoms with E-state index in [0.717, 1.165) is 17.0 Å². The normalized spacial score (nSPS) is 28.5. The summed E-state index contributed by atoms with van der Waals surface area (Å²) < 4.78 is 62.8. The molecule has 11 heteroatoms. The van der Waals surface area contributed by atoms with Gasteiger partial charge in [0.15, 0.2) is 0 Å². The van der Waals surface area contributed by atoms with Gasteiger partial charge in [0.05, 0.1) is 11.4 Å². The first-order valence-electron chi connectivity index (χ1n) is 7.69. The van der Waals surface area contributed by atoms with E-state index >= 15 is 0 Å². The van der Waals surface area contributed by atoms with Gasteiger partial charge in [-0.2, -0.15) is 13.2 Å². The maximum atomic E-state index is 13.4. The zero-order valence-electron chi connectivity index (χ0n) is 13.7. The standard InChI is InChI=1S/C16H15ClF3N3O3S/c17-14(8-2-1-3-9-14)23-10-15(24,16(18,19)20)22-13(23)11-4-6-12(7-5-11)27(21,25)26/h1-8,24H,9-10H2,(H2,21,25,26). The molecule has 1 aromatic carbocycles. The number of rotatable bonds is 3. The van der Waals surface area contributed by atoms with Gasteiger partial charge in [0.25, 0.3) is 5.72 Å². The molecule has 0 spiro atoms. The molecule has 27 heavy (non-hydrogen) atoms. The summed E-state index contributed by atoms with van der Waals surface area (Å²) in [6.45, 7) is -0.898. The fraction of sp³-hybridized carbons (Fsp3) is 0.312. The van der Waals surface area contributed by atoms with Crippen LogP contribution in [-0.2, 0) is 10.0 Å². The molecule has 146 valence electrons. The molecule has 1 aliphatic heterocycles. The number of hydrogen-bond donors (Lipinski definition) is 2. The lowest BCUT2D eigenvalue weighted by Crippen LogP contribution is -2.52. The van der Waals surface area contributed by atoms with E-state index in [0.29, 0.717) is 0 Å². The Morgan fingerprint density at radius 1 is 1.22 bits per heavy atom. The highest BCUT2D eigenvalue weighted by atomic mass is 35.5. The van der Waals surface area contributed by atoms with Crippen LogP contribution in [0.5, 0.6) is 0 Å². The van der Waals surface area contributed by atoms with Crippen LogP contribution in [0.15, 0.2) is 58.5 Å². The van der Waals surface area contributed by atoms with Crippen LogP contribution >= 0.6 is 11.6 Å². The van der Waals surface area contributed by atoms with E-state index in [1.54, 1.807) is 18.2 Å². The van der Waals surface area contributed by atoms with Crippen molar-refractivity contribution in [3.8, 4) is 0 Å². The summed E-state index contributed by atoms with van der Waals surface area (Å²) in [5.41, 5.74) is -3.18. The van der Waals surface area contributed by atoms with Crippen molar-refractivity contribution in [1.82, 2.24) is 4.90 Å². The van der Waals surface area contributed by atoms with Crippen LogP contribution in [0.2, 0.25) is 0 Å². The van der Waals surface area contributed by atoms with E-state index in [2.05, 4.69) is 4.99 Å². The largest absolute Gasteiger partial charge is 0.440 e. The van der Waals surface area contributed by atoms with Gasteiger partial charge in [0.1, 0.15) is 10.8 Å². The third-order valence-electron chi connectivity index (χ3n) is 4.27. The van der Waals surface area contributed by atoms with Gasteiger partial charge >= 0.3 is 6.18 Å². The SMILES string of the molecule is NS(=O)(=O)c1ccc(C2=NC(O)(C(F)(F)F)CN2C2(Cl)C=CC=CC2)cc1. The summed E-state index contributed by atoms with van der Waals surface area (Å²) in [7, 11) is -3.96. The summed E-state index contributed by atoms with van der Waals surface area (Å²) in [5, 5.41) is 15.1. The maximum Gasteiger partial charge on any atom is 0.440 e. The first kappa shape index (κ1) is 19.9. The zero-order valence-corrected chi connectivity index (χ0v) is 15.3. The van der Waals surface area contributed by atoms with Crippen molar-refractivity contribution >= 4 is 27.5 Å². The second-order valence-electron chi connectivity index (χ2n) is 6.22. The maximum absolute atomic E-state index is 13.4. The Hall–Kier alpha value is -1.88. The van der Waals surface area contributed by atoms with Crippen molar-refractivity contribution in [2.45, 2.75) is 28.2 Å². The number of β-amino-alcohol motifs (C(OH)–C–C–N with tert-alkyl or cyclic N) is 1. The molecule has 2 unspecified atom stereocenters. The van der Waals surface area contributed by atoms with Crippen LogP contribution in [0.4, 0.5) is 13.2 Å². The van der Waals surface area contributed by atoms with Crippen molar-refractivity contribution < 1.29 is 26.7 Å². The predicted molar refractivity (Wildman–Crippen MR) is 93.5 cm³/mol. The summed E-state index contributed by atoms with van der Waals surface area (Å²) >= 11 is 6.52. The number of alkyl halides is 4. The van der Waals surface area contributed by atoms with Gasteiger partial charge in [0.2, 0.25) is 10.0 Å². The summed E-state index contributed by atoms with van der Waals surface area (Å²) in [5.74, 6) is -0.203. The number of primary sulfonamides is 1. The molecule has 0 radical (unpaired) electrons. The molecule has 0 saturated heterocycles. The van der Waals surface area contributed by atoms with Crippen molar-refractivity contribution in [1.29, 1.82) is 0 Å².